The van der Waals surface area contributed by atoms with Crippen LogP contribution >= 0.6 is 11.8 Å². The van der Waals surface area contributed by atoms with E-state index < -0.39 is 8.80 Å². The number of rotatable bonds is 8. The van der Waals surface area contributed by atoms with Crippen LogP contribution in [-0.4, -0.2) is 57.9 Å². The van der Waals surface area contributed by atoms with E-state index in [0.29, 0.717) is 19.8 Å². The molecule has 0 amide bonds. The van der Waals surface area contributed by atoms with Gasteiger partial charge in [-0.2, -0.15) is 0 Å². The second-order valence-corrected chi connectivity index (χ2v) is 7.19. The Hall–Kier alpha value is 0.407. The Bertz CT molecular complexity index is 174. The zero-order chi connectivity index (χ0) is 11.9. The molecule has 0 aromatic carbocycles. The molecule has 0 saturated carbocycles. The van der Waals surface area contributed by atoms with Crippen molar-refractivity contribution >= 4 is 20.6 Å². The Labute approximate surface area is 104 Å². The SMILES string of the molecule is CCO[Si](CN1CCSC1)(OCC)OCC. The quantitative estimate of drug-likeness (QED) is 0.622. The van der Waals surface area contributed by atoms with E-state index in [-0.39, 0.29) is 0 Å². The van der Waals surface area contributed by atoms with Crippen LogP contribution in [0.2, 0.25) is 0 Å². The summed E-state index contributed by atoms with van der Waals surface area (Å²) in [5.41, 5.74) is 0. The van der Waals surface area contributed by atoms with Crippen LogP contribution in [0.25, 0.3) is 0 Å². The lowest BCUT2D eigenvalue weighted by Gasteiger charge is -2.31. The van der Waals surface area contributed by atoms with E-state index in [9.17, 15) is 0 Å². The van der Waals surface area contributed by atoms with Gasteiger partial charge in [-0.25, -0.2) is 0 Å². The molecule has 4 nitrogen and oxygen atoms in total. The van der Waals surface area contributed by atoms with Gasteiger partial charge in [-0.3, -0.25) is 4.90 Å². The molecular weight excluding hydrogens is 242 g/mol. The van der Waals surface area contributed by atoms with Crippen LogP contribution in [0.3, 0.4) is 0 Å². The van der Waals surface area contributed by atoms with E-state index in [1.165, 1.54) is 5.75 Å². The maximum absolute atomic E-state index is 5.82. The Morgan fingerprint density at radius 3 is 2.00 bits per heavy atom. The first kappa shape index (κ1) is 14.5. The summed E-state index contributed by atoms with van der Waals surface area (Å²) >= 11 is 1.96. The van der Waals surface area contributed by atoms with Crippen LogP contribution in [0, 0.1) is 0 Å². The Balaban J connectivity index is 2.56. The molecule has 0 radical (unpaired) electrons. The summed E-state index contributed by atoms with van der Waals surface area (Å²) in [5, 5.41) is 0. The van der Waals surface area contributed by atoms with Crippen molar-refractivity contribution in [2.45, 2.75) is 20.8 Å². The van der Waals surface area contributed by atoms with Gasteiger partial charge in [-0.15, -0.1) is 11.8 Å². The van der Waals surface area contributed by atoms with Crippen molar-refractivity contribution in [2.75, 3.05) is 44.2 Å². The lowest BCUT2D eigenvalue weighted by Crippen LogP contribution is -2.55. The number of nitrogens with zero attached hydrogens (tertiary/aromatic N) is 1. The van der Waals surface area contributed by atoms with Gasteiger partial charge in [-0.05, 0) is 20.8 Å². The van der Waals surface area contributed by atoms with Crippen LogP contribution < -0.4 is 0 Å². The summed E-state index contributed by atoms with van der Waals surface area (Å²) in [4.78, 5) is 2.37. The molecular formula is C10H23NO3SSi. The average Bonchev–Trinajstić information content (AvgIpc) is 2.71. The molecule has 0 aliphatic carbocycles. The number of hydrogen-bond acceptors (Lipinski definition) is 5. The van der Waals surface area contributed by atoms with Crippen LogP contribution in [-0.2, 0) is 13.3 Å². The van der Waals surface area contributed by atoms with Gasteiger partial charge in [0.15, 0.2) is 0 Å². The van der Waals surface area contributed by atoms with Gasteiger partial charge in [0.25, 0.3) is 0 Å². The second-order valence-electron chi connectivity index (χ2n) is 3.57. The minimum atomic E-state index is -2.45. The monoisotopic (exact) mass is 265 g/mol. The van der Waals surface area contributed by atoms with Crippen LogP contribution in [0.15, 0.2) is 0 Å². The van der Waals surface area contributed by atoms with Crippen molar-refractivity contribution < 1.29 is 13.3 Å². The molecule has 1 fully saturated rings. The average molecular weight is 265 g/mol. The Morgan fingerprint density at radius 1 is 1.06 bits per heavy atom. The first-order valence-electron chi connectivity index (χ1n) is 5.98. The molecule has 96 valence electrons. The molecule has 1 aliphatic heterocycles. The molecule has 1 aliphatic rings. The maximum atomic E-state index is 5.82. The van der Waals surface area contributed by atoms with Crippen molar-refractivity contribution in [2.24, 2.45) is 0 Å². The van der Waals surface area contributed by atoms with Crippen molar-refractivity contribution in [3.8, 4) is 0 Å². The zero-order valence-electron chi connectivity index (χ0n) is 10.5. The normalized spacial score (nSPS) is 18.2. The largest absolute Gasteiger partial charge is 0.515 e. The highest BCUT2D eigenvalue weighted by Crippen LogP contribution is 2.18. The van der Waals surface area contributed by atoms with Gasteiger partial charge < -0.3 is 13.3 Å². The van der Waals surface area contributed by atoms with E-state index in [2.05, 4.69) is 4.90 Å². The molecule has 0 bridgehead atoms. The molecule has 0 aromatic rings. The predicted molar refractivity (Wildman–Crippen MR) is 69.5 cm³/mol. The first-order chi connectivity index (χ1) is 7.76. The summed E-state index contributed by atoms with van der Waals surface area (Å²) in [5.74, 6) is 2.27. The van der Waals surface area contributed by atoms with Crippen LogP contribution in [0.5, 0.6) is 0 Å². The van der Waals surface area contributed by atoms with Crippen LogP contribution in [0.1, 0.15) is 20.8 Å². The smallest absolute Gasteiger partial charge is 0.373 e. The van der Waals surface area contributed by atoms with Crippen molar-refractivity contribution in [3.05, 3.63) is 0 Å². The van der Waals surface area contributed by atoms with Crippen molar-refractivity contribution in [3.63, 3.8) is 0 Å². The summed E-state index contributed by atoms with van der Waals surface area (Å²) < 4.78 is 17.4. The van der Waals surface area contributed by atoms with Gasteiger partial charge in [-0.1, -0.05) is 0 Å². The lowest BCUT2D eigenvalue weighted by atomic mass is 10.7. The van der Waals surface area contributed by atoms with E-state index >= 15 is 0 Å². The van der Waals surface area contributed by atoms with Crippen LogP contribution in [0.4, 0.5) is 0 Å². The fraction of sp³-hybridized carbons (Fsp3) is 1.00. The highest BCUT2D eigenvalue weighted by Gasteiger charge is 2.42. The number of hydrogen-bond donors (Lipinski definition) is 0. The molecule has 0 N–H and O–H groups in total. The first-order valence-corrected chi connectivity index (χ1v) is 9.07. The van der Waals surface area contributed by atoms with E-state index in [1.54, 1.807) is 0 Å². The third-order valence-electron chi connectivity index (χ3n) is 2.34. The number of thioether (sulfide) groups is 1. The summed E-state index contributed by atoms with van der Waals surface area (Å²) in [6, 6.07) is 0. The molecule has 1 heterocycles. The van der Waals surface area contributed by atoms with Gasteiger partial charge in [0.2, 0.25) is 0 Å². The Morgan fingerprint density at radius 2 is 1.62 bits per heavy atom. The minimum absolute atomic E-state index is 0.660. The molecule has 0 unspecified atom stereocenters. The minimum Gasteiger partial charge on any atom is -0.373 e. The summed E-state index contributed by atoms with van der Waals surface area (Å²) in [7, 11) is -2.45. The fourth-order valence-electron chi connectivity index (χ4n) is 1.77. The highest BCUT2D eigenvalue weighted by atomic mass is 32.2. The maximum Gasteiger partial charge on any atom is 0.515 e. The lowest BCUT2D eigenvalue weighted by molar-refractivity contribution is 0.0602. The molecule has 0 atom stereocenters. The van der Waals surface area contributed by atoms with E-state index in [0.717, 1.165) is 18.6 Å². The molecule has 1 rings (SSSR count). The molecule has 1 saturated heterocycles. The van der Waals surface area contributed by atoms with Gasteiger partial charge in [0, 0.05) is 38.0 Å². The van der Waals surface area contributed by atoms with Gasteiger partial charge >= 0.3 is 8.80 Å². The summed E-state index contributed by atoms with van der Waals surface area (Å²) in [6.07, 6.45) is 0.829. The standard InChI is InChI=1S/C10H23NO3SSi/c1-4-12-16(13-5-2,14-6-3)10-11-7-8-15-9-11/h4-10H2,1-3H3. The van der Waals surface area contributed by atoms with Crippen molar-refractivity contribution in [1.29, 1.82) is 0 Å². The molecule has 0 aromatic heterocycles. The van der Waals surface area contributed by atoms with Crippen molar-refractivity contribution in [1.82, 2.24) is 4.90 Å². The molecule has 0 spiro atoms. The molecule has 16 heavy (non-hydrogen) atoms. The molecule has 6 heteroatoms. The van der Waals surface area contributed by atoms with E-state index in [1.807, 2.05) is 32.5 Å². The highest BCUT2D eigenvalue weighted by molar-refractivity contribution is 7.99. The topological polar surface area (TPSA) is 30.9 Å². The second kappa shape index (κ2) is 7.68. The Kier molecular flexibility index (Phi) is 6.94. The predicted octanol–water partition coefficient (Wildman–Crippen LogP) is 1.58. The fourth-order valence-corrected chi connectivity index (χ4v) is 5.59. The van der Waals surface area contributed by atoms with E-state index in [4.69, 9.17) is 13.3 Å². The third-order valence-corrected chi connectivity index (χ3v) is 6.37. The zero-order valence-corrected chi connectivity index (χ0v) is 12.3. The third kappa shape index (κ3) is 4.35. The van der Waals surface area contributed by atoms with Gasteiger partial charge in [0.1, 0.15) is 0 Å². The summed E-state index contributed by atoms with van der Waals surface area (Å²) in [6.45, 7) is 9.09. The van der Waals surface area contributed by atoms with Gasteiger partial charge in [0.05, 0.1) is 6.17 Å².